The molecule has 7 nitrogen and oxygen atoms in total. The van der Waals surface area contributed by atoms with Crippen molar-refractivity contribution in [1.29, 1.82) is 0 Å². The number of anilines is 1. The summed E-state index contributed by atoms with van der Waals surface area (Å²) >= 11 is 0. The van der Waals surface area contributed by atoms with E-state index < -0.39 is 10.6 Å². The first-order valence-electron chi connectivity index (χ1n) is 10.8. The van der Waals surface area contributed by atoms with E-state index >= 15 is 0 Å². The number of fused-ring (bicyclic) bond motifs is 2. The zero-order valence-corrected chi connectivity index (χ0v) is 18.9. The quantitative estimate of drug-likeness (QED) is 0.545. The summed E-state index contributed by atoms with van der Waals surface area (Å²) in [5.74, 6) is 1.15. The van der Waals surface area contributed by atoms with Crippen molar-refractivity contribution in [2.45, 2.75) is 37.2 Å². The lowest BCUT2D eigenvalue weighted by Crippen LogP contribution is -2.26. The molecule has 3 aromatic rings. The lowest BCUT2D eigenvalue weighted by atomic mass is 9.99. The van der Waals surface area contributed by atoms with Crippen molar-refractivity contribution in [3.8, 4) is 0 Å². The Morgan fingerprint density at radius 1 is 1.19 bits per heavy atom. The van der Waals surface area contributed by atoms with Gasteiger partial charge in [-0.25, -0.2) is 9.98 Å². The fraction of sp³-hybridized carbons (Fsp3) is 0.333. The van der Waals surface area contributed by atoms with Crippen LogP contribution in [0.25, 0.3) is 10.9 Å². The molecule has 2 aliphatic heterocycles. The summed E-state index contributed by atoms with van der Waals surface area (Å²) in [5, 5.41) is 1.14. The summed E-state index contributed by atoms with van der Waals surface area (Å²) in [5.41, 5.74) is 9.92. The highest BCUT2D eigenvalue weighted by Gasteiger charge is 2.27. The largest absolute Gasteiger partial charge is 0.463 e. The highest BCUT2D eigenvalue weighted by atomic mass is 32.3. The number of hydrogen-bond acceptors (Lipinski definition) is 7. The number of aryl methyl sites for hydroxylation is 2. The molecule has 168 valence electrons. The predicted octanol–water partition coefficient (Wildman–Crippen LogP) is 4.32. The van der Waals surface area contributed by atoms with E-state index in [2.05, 4.69) is 41.1 Å². The highest BCUT2D eigenvalue weighted by Crippen LogP contribution is 2.51. The lowest BCUT2D eigenvalue weighted by Gasteiger charge is -2.32. The molecule has 2 aliphatic rings. The lowest BCUT2D eigenvalue weighted by molar-refractivity contribution is 0.308. The van der Waals surface area contributed by atoms with Crippen LogP contribution < -0.4 is 10.6 Å². The normalized spacial score (nSPS) is 20.9. The molecule has 0 fully saturated rings. The number of hydrogen-bond donors (Lipinski definition) is 3. The number of pyridine rings is 1. The van der Waals surface area contributed by atoms with Gasteiger partial charge in [0.25, 0.3) is 6.02 Å². The van der Waals surface area contributed by atoms with Gasteiger partial charge in [-0.1, -0.05) is 36.4 Å². The van der Waals surface area contributed by atoms with E-state index in [0.29, 0.717) is 30.3 Å². The van der Waals surface area contributed by atoms with Gasteiger partial charge in [0.05, 0.1) is 22.2 Å². The van der Waals surface area contributed by atoms with Crippen LogP contribution >= 0.6 is 10.6 Å². The van der Waals surface area contributed by atoms with Crippen LogP contribution in [0.5, 0.6) is 0 Å². The predicted molar refractivity (Wildman–Crippen MR) is 130 cm³/mol. The second kappa shape index (κ2) is 8.27. The fourth-order valence-electron chi connectivity index (χ4n) is 4.50. The molecule has 4 N–H and O–H groups in total. The van der Waals surface area contributed by atoms with Crippen molar-refractivity contribution >= 4 is 33.3 Å². The van der Waals surface area contributed by atoms with E-state index in [1.165, 1.54) is 5.56 Å². The van der Waals surface area contributed by atoms with Gasteiger partial charge in [0.15, 0.2) is 0 Å². The molecule has 0 saturated carbocycles. The van der Waals surface area contributed by atoms with Crippen LogP contribution in [0.2, 0.25) is 0 Å². The highest BCUT2D eigenvalue weighted by molar-refractivity contribution is 8.24. The Kier molecular flexibility index (Phi) is 5.44. The molecular weight excluding hydrogens is 424 g/mol. The Morgan fingerprint density at radius 3 is 2.84 bits per heavy atom. The van der Waals surface area contributed by atoms with Crippen molar-refractivity contribution in [3.05, 3.63) is 65.2 Å². The van der Waals surface area contributed by atoms with Crippen LogP contribution in [0.4, 0.5) is 5.82 Å². The first-order valence-corrected chi connectivity index (χ1v) is 12.6. The maximum Gasteiger partial charge on any atom is 0.282 e. The Bertz CT molecular complexity index is 1200. The minimum absolute atomic E-state index is 0.0736. The first kappa shape index (κ1) is 21.1. The number of benzene rings is 2. The Balaban J connectivity index is 1.52. The van der Waals surface area contributed by atoms with Crippen molar-refractivity contribution in [2.24, 2.45) is 10.7 Å². The van der Waals surface area contributed by atoms with Gasteiger partial charge in [-0.2, -0.15) is 10.6 Å². The minimum Gasteiger partial charge on any atom is -0.463 e. The van der Waals surface area contributed by atoms with Crippen LogP contribution in [-0.4, -0.2) is 45.1 Å². The molecule has 2 aromatic carbocycles. The minimum atomic E-state index is -2.82. The summed E-state index contributed by atoms with van der Waals surface area (Å²) in [6.45, 7) is 3.72. The van der Waals surface area contributed by atoms with Crippen LogP contribution in [0, 0.1) is 6.92 Å². The van der Waals surface area contributed by atoms with Gasteiger partial charge in [0, 0.05) is 18.5 Å². The topological polar surface area (TPSA) is 104 Å². The van der Waals surface area contributed by atoms with Crippen molar-refractivity contribution in [1.82, 2.24) is 4.98 Å². The van der Waals surface area contributed by atoms with Crippen LogP contribution in [0.15, 0.2) is 58.4 Å². The number of aliphatic imine (C=N–C) groups is 1. The third-order valence-corrected chi connectivity index (χ3v) is 8.10. The fourth-order valence-corrected chi connectivity index (χ4v) is 6.05. The van der Waals surface area contributed by atoms with E-state index in [1.807, 2.05) is 24.3 Å². The molecule has 3 heterocycles. The first-order chi connectivity index (χ1) is 15.4. The zero-order valence-electron chi connectivity index (χ0n) is 18.1. The van der Waals surface area contributed by atoms with Crippen molar-refractivity contribution < 1.29 is 13.8 Å². The SMILES string of the molecule is Cc1cccc2c(CC[C@@H]3COC(N)=N3)cc(N3CCS(O)(O)c4ccccc4C3)nc12. The molecule has 1 atom stereocenters. The standard InChI is InChI=1S/C24H28N4O3S/c1-16-5-4-7-20-17(9-10-19-15-31-24(25)26-19)13-22(27-23(16)20)28-11-12-32(29,30)21-8-3-2-6-18(21)14-28/h2-8,13,19,29-30H,9-12,14-15H2,1H3,(H2,25,26)/t19-/m1/s1. The smallest absolute Gasteiger partial charge is 0.282 e. The molecule has 0 amide bonds. The summed E-state index contributed by atoms with van der Waals surface area (Å²) in [7, 11) is -2.82. The molecule has 0 radical (unpaired) electrons. The van der Waals surface area contributed by atoms with E-state index in [9.17, 15) is 9.11 Å². The molecule has 1 aromatic heterocycles. The Labute approximate surface area is 189 Å². The molecule has 5 rings (SSSR count). The number of aromatic nitrogens is 1. The van der Waals surface area contributed by atoms with Gasteiger partial charge in [-0.05, 0) is 48.6 Å². The molecule has 0 bridgehead atoms. The summed E-state index contributed by atoms with van der Waals surface area (Å²) < 4.78 is 26.8. The van der Waals surface area contributed by atoms with Gasteiger partial charge in [-0.3, -0.25) is 9.11 Å². The third kappa shape index (κ3) is 4.01. The van der Waals surface area contributed by atoms with Gasteiger partial charge in [0.1, 0.15) is 12.4 Å². The number of rotatable bonds is 4. The average Bonchev–Trinajstić information content (AvgIpc) is 3.14. The summed E-state index contributed by atoms with van der Waals surface area (Å²) in [6.07, 6.45) is 1.68. The van der Waals surface area contributed by atoms with E-state index in [-0.39, 0.29) is 12.1 Å². The van der Waals surface area contributed by atoms with Crippen LogP contribution in [0.3, 0.4) is 0 Å². The molecular formula is C24H28N4O3S. The summed E-state index contributed by atoms with van der Waals surface area (Å²) in [4.78, 5) is 12.2. The second-order valence-corrected chi connectivity index (χ2v) is 10.7. The van der Waals surface area contributed by atoms with Gasteiger partial charge < -0.3 is 15.4 Å². The number of nitrogens with two attached hydrogens (primary N) is 1. The maximum absolute atomic E-state index is 10.7. The van der Waals surface area contributed by atoms with Crippen molar-refractivity contribution in [3.63, 3.8) is 0 Å². The second-order valence-electron chi connectivity index (χ2n) is 8.48. The molecule has 0 spiro atoms. The summed E-state index contributed by atoms with van der Waals surface area (Å²) in [6, 6.07) is 16.3. The van der Waals surface area contributed by atoms with E-state index in [4.69, 9.17) is 15.5 Å². The third-order valence-electron chi connectivity index (χ3n) is 6.25. The maximum atomic E-state index is 10.7. The monoisotopic (exact) mass is 452 g/mol. The van der Waals surface area contributed by atoms with E-state index in [1.54, 1.807) is 0 Å². The number of amidine groups is 1. The molecule has 32 heavy (non-hydrogen) atoms. The van der Waals surface area contributed by atoms with Gasteiger partial charge in [0.2, 0.25) is 0 Å². The van der Waals surface area contributed by atoms with Crippen molar-refractivity contribution in [2.75, 3.05) is 23.8 Å². The molecule has 0 aliphatic carbocycles. The Hall–Kier alpha value is -2.81. The molecule has 8 heteroatoms. The average molecular weight is 453 g/mol. The number of nitrogens with zero attached hydrogens (tertiary/aromatic N) is 3. The Morgan fingerprint density at radius 2 is 2.03 bits per heavy atom. The molecule has 0 unspecified atom stereocenters. The van der Waals surface area contributed by atoms with Crippen LogP contribution in [0.1, 0.15) is 23.1 Å². The molecule has 0 saturated heterocycles. The van der Waals surface area contributed by atoms with Gasteiger partial charge >= 0.3 is 0 Å². The zero-order chi connectivity index (χ0) is 22.3. The van der Waals surface area contributed by atoms with Gasteiger partial charge in [-0.15, -0.1) is 0 Å². The number of para-hydroxylation sites is 1. The van der Waals surface area contributed by atoms with Crippen LogP contribution in [-0.2, 0) is 17.7 Å². The van der Waals surface area contributed by atoms with E-state index in [0.717, 1.165) is 40.7 Å². The number of ether oxygens (including phenoxy) is 1.